The smallest absolute Gasteiger partial charge is 0.119 e. The third-order valence-electron chi connectivity index (χ3n) is 3.64. The Kier molecular flexibility index (Phi) is 3.95. The molecular weight excluding hydrogens is 326 g/mol. The van der Waals surface area contributed by atoms with Crippen LogP contribution in [0.3, 0.4) is 0 Å². The summed E-state index contributed by atoms with van der Waals surface area (Å²) in [5.74, 6) is 0.827. The van der Waals surface area contributed by atoms with Gasteiger partial charge in [0.05, 0.1) is 13.2 Å². The van der Waals surface area contributed by atoms with Crippen molar-refractivity contribution in [2.75, 3.05) is 7.11 Å². The number of nitrogens with two attached hydrogens (primary N) is 1. The second kappa shape index (κ2) is 5.88. The molecule has 0 aliphatic carbocycles. The van der Waals surface area contributed by atoms with Crippen LogP contribution >= 0.6 is 15.9 Å². The average molecular weight is 342 g/mol. The fraction of sp³-hybridized carbons (Fsp3) is 0.111. The maximum Gasteiger partial charge on any atom is 0.119 e. The minimum absolute atomic E-state index is 0.159. The molecule has 2 N–H and O–H groups in total. The normalized spacial score (nSPS) is 12.3. The van der Waals surface area contributed by atoms with Crippen LogP contribution in [0.15, 0.2) is 65.1 Å². The van der Waals surface area contributed by atoms with Crippen molar-refractivity contribution in [2.45, 2.75) is 6.04 Å². The first kappa shape index (κ1) is 14.1. The topological polar surface area (TPSA) is 35.2 Å². The Hall–Kier alpha value is -1.84. The Labute approximate surface area is 132 Å². The third kappa shape index (κ3) is 2.94. The van der Waals surface area contributed by atoms with E-state index in [0.717, 1.165) is 21.3 Å². The third-order valence-corrected chi connectivity index (χ3v) is 4.13. The van der Waals surface area contributed by atoms with E-state index in [1.807, 2.05) is 30.3 Å². The van der Waals surface area contributed by atoms with Gasteiger partial charge in [0.1, 0.15) is 5.75 Å². The van der Waals surface area contributed by atoms with Crippen molar-refractivity contribution in [3.63, 3.8) is 0 Å². The number of methoxy groups -OCH3 is 1. The van der Waals surface area contributed by atoms with E-state index in [1.54, 1.807) is 7.11 Å². The molecule has 0 aliphatic heterocycles. The summed E-state index contributed by atoms with van der Waals surface area (Å²) in [5, 5.41) is 2.39. The van der Waals surface area contributed by atoms with Crippen LogP contribution in [0.2, 0.25) is 0 Å². The number of hydrogen-bond donors (Lipinski definition) is 1. The van der Waals surface area contributed by atoms with Gasteiger partial charge in [0.15, 0.2) is 0 Å². The molecule has 0 saturated heterocycles. The molecule has 106 valence electrons. The maximum absolute atomic E-state index is 6.40. The standard InChI is InChI=1S/C18H16BrNO/c1-21-17-4-2-3-14(11-17)18(20)15-6-5-13-10-16(19)8-7-12(13)9-15/h2-11,18H,20H2,1H3. The summed E-state index contributed by atoms with van der Waals surface area (Å²) in [7, 11) is 1.67. The highest BCUT2D eigenvalue weighted by atomic mass is 79.9. The molecule has 3 aromatic rings. The number of benzene rings is 3. The zero-order valence-corrected chi connectivity index (χ0v) is 13.3. The molecule has 0 fully saturated rings. The highest BCUT2D eigenvalue weighted by Gasteiger charge is 2.10. The van der Waals surface area contributed by atoms with Crippen LogP contribution < -0.4 is 10.5 Å². The van der Waals surface area contributed by atoms with Crippen molar-refractivity contribution < 1.29 is 4.74 Å². The largest absolute Gasteiger partial charge is 0.497 e. The summed E-state index contributed by atoms with van der Waals surface area (Å²) < 4.78 is 6.35. The first-order valence-electron chi connectivity index (χ1n) is 6.76. The van der Waals surface area contributed by atoms with Gasteiger partial charge in [-0.2, -0.15) is 0 Å². The molecule has 0 aliphatic rings. The monoisotopic (exact) mass is 341 g/mol. The van der Waals surface area contributed by atoms with E-state index in [4.69, 9.17) is 10.5 Å². The molecule has 1 unspecified atom stereocenters. The Morgan fingerprint density at radius 3 is 2.43 bits per heavy atom. The van der Waals surface area contributed by atoms with Gasteiger partial charge in [0.2, 0.25) is 0 Å². The Morgan fingerprint density at radius 1 is 0.905 bits per heavy atom. The minimum Gasteiger partial charge on any atom is -0.497 e. The molecule has 2 nitrogen and oxygen atoms in total. The Morgan fingerprint density at radius 2 is 1.62 bits per heavy atom. The molecule has 3 heteroatoms. The Balaban J connectivity index is 2.00. The van der Waals surface area contributed by atoms with Crippen LogP contribution in [-0.2, 0) is 0 Å². The summed E-state index contributed by atoms with van der Waals surface area (Å²) in [6.07, 6.45) is 0. The SMILES string of the molecule is COc1cccc(C(N)c2ccc3cc(Br)ccc3c2)c1. The van der Waals surface area contributed by atoms with Gasteiger partial charge in [-0.3, -0.25) is 0 Å². The van der Waals surface area contributed by atoms with E-state index in [0.29, 0.717) is 0 Å². The second-order valence-corrected chi connectivity index (χ2v) is 5.92. The maximum atomic E-state index is 6.40. The summed E-state index contributed by atoms with van der Waals surface area (Å²) in [5.41, 5.74) is 8.54. The second-order valence-electron chi connectivity index (χ2n) is 5.01. The van der Waals surface area contributed by atoms with E-state index >= 15 is 0 Å². The van der Waals surface area contributed by atoms with Crippen LogP contribution in [-0.4, -0.2) is 7.11 Å². The van der Waals surface area contributed by atoms with Crippen molar-refractivity contribution >= 4 is 26.7 Å². The summed E-state index contributed by atoms with van der Waals surface area (Å²) >= 11 is 3.49. The molecular formula is C18H16BrNO. The van der Waals surface area contributed by atoms with Crippen molar-refractivity contribution in [3.05, 3.63) is 76.3 Å². The molecule has 0 saturated carbocycles. The van der Waals surface area contributed by atoms with Crippen LogP contribution in [0.5, 0.6) is 5.75 Å². The first-order valence-corrected chi connectivity index (χ1v) is 7.55. The van der Waals surface area contributed by atoms with E-state index in [-0.39, 0.29) is 6.04 Å². The molecule has 0 amide bonds. The van der Waals surface area contributed by atoms with Crippen molar-refractivity contribution in [1.82, 2.24) is 0 Å². The lowest BCUT2D eigenvalue weighted by Crippen LogP contribution is -2.11. The molecule has 1 atom stereocenters. The fourth-order valence-corrected chi connectivity index (χ4v) is 2.83. The van der Waals surface area contributed by atoms with Gasteiger partial charge in [0, 0.05) is 4.47 Å². The van der Waals surface area contributed by atoms with E-state index in [2.05, 4.69) is 46.3 Å². The van der Waals surface area contributed by atoms with E-state index in [1.165, 1.54) is 10.8 Å². The minimum atomic E-state index is -0.159. The van der Waals surface area contributed by atoms with Gasteiger partial charge in [-0.05, 0) is 52.2 Å². The van der Waals surface area contributed by atoms with Crippen LogP contribution in [0.4, 0.5) is 0 Å². The molecule has 0 aromatic heterocycles. The number of halogens is 1. The van der Waals surface area contributed by atoms with Gasteiger partial charge in [-0.25, -0.2) is 0 Å². The van der Waals surface area contributed by atoms with E-state index in [9.17, 15) is 0 Å². The summed E-state index contributed by atoms with van der Waals surface area (Å²) in [6.45, 7) is 0. The van der Waals surface area contributed by atoms with Crippen molar-refractivity contribution in [3.8, 4) is 5.75 Å². The molecule has 0 heterocycles. The van der Waals surface area contributed by atoms with Crippen LogP contribution in [0.1, 0.15) is 17.2 Å². The Bertz CT molecular complexity index is 785. The van der Waals surface area contributed by atoms with Gasteiger partial charge >= 0.3 is 0 Å². The number of fused-ring (bicyclic) bond motifs is 1. The number of rotatable bonds is 3. The quantitative estimate of drug-likeness (QED) is 0.751. The van der Waals surface area contributed by atoms with Crippen LogP contribution in [0.25, 0.3) is 10.8 Å². The zero-order valence-electron chi connectivity index (χ0n) is 11.7. The summed E-state index contributed by atoms with van der Waals surface area (Å²) in [4.78, 5) is 0. The predicted molar refractivity (Wildman–Crippen MR) is 90.7 cm³/mol. The lowest BCUT2D eigenvalue weighted by atomic mass is 9.97. The lowest BCUT2D eigenvalue weighted by Gasteiger charge is -2.14. The number of ether oxygens (including phenoxy) is 1. The van der Waals surface area contributed by atoms with Gasteiger partial charge in [-0.15, -0.1) is 0 Å². The first-order chi connectivity index (χ1) is 10.2. The molecule has 0 bridgehead atoms. The van der Waals surface area contributed by atoms with Crippen molar-refractivity contribution in [1.29, 1.82) is 0 Å². The molecule has 0 radical (unpaired) electrons. The lowest BCUT2D eigenvalue weighted by molar-refractivity contribution is 0.414. The van der Waals surface area contributed by atoms with Gasteiger partial charge in [0.25, 0.3) is 0 Å². The highest BCUT2D eigenvalue weighted by molar-refractivity contribution is 9.10. The van der Waals surface area contributed by atoms with E-state index < -0.39 is 0 Å². The molecule has 21 heavy (non-hydrogen) atoms. The van der Waals surface area contributed by atoms with Crippen molar-refractivity contribution in [2.24, 2.45) is 5.73 Å². The molecule has 3 aromatic carbocycles. The number of hydrogen-bond acceptors (Lipinski definition) is 2. The zero-order chi connectivity index (χ0) is 14.8. The fourth-order valence-electron chi connectivity index (χ4n) is 2.46. The average Bonchev–Trinajstić information content (AvgIpc) is 2.53. The van der Waals surface area contributed by atoms with Gasteiger partial charge in [-0.1, -0.05) is 46.3 Å². The summed E-state index contributed by atoms with van der Waals surface area (Å²) in [6, 6.07) is 20.3. The molecule has 3 rings (SSSR count). The van der Waals surface area contributed by atoms with Gasteiger partial charge < -0.3 is 10.5 Å². The van der Waals surface area contributed by atoms with Crippen LogP contribution in [0, 0.1) is 0 Å². The predicted octanol–water partition coefficient (Wildman–Crippen LogP) is 4.66. The highest BCUT2D eigenvalue weighted by Crippen LogP contribution is 2.27. The molecule has 0 spiro atoms.